The first-order valence-corrected chi connectivity index (χ1v) is 8.22. The summed E-state index contributed by atoms with van der Waals surface area (Å²) in [5.41, 5.74) is 3.14. The maximum Gasteiger partial charge on any atom is 0.149 e. The summed E-state index contributed by atoms with van der Waals surface area (Å²) < 4.78 is 5.78. The average Bonchev–Trinajstić information content (AvgIpc) is 3.12. The molecule has 0 fully saturated rings. The van der Waals surface area contributed by atoms with Crippen LogP contribution in [-0.4, -0.2) is 9.97 Å². The molecular formula is C22H15N3O. The summed E-state index contributed by atoms with van der Waals surface area (Å²) in [6.07, 6.45) is 1.81. The van der Waals surface area contributed by atoms with Crippen molar-refractivity contribution in [2.24, 2.45) is 0 Å². The van der Waals surface area contributed by atoms with E-state index >= 15 is 0 Å². The van der Waals surface area contributed by atoms with E-state index in [1.807, 2.05) is 84.9 Å². The predicted molar refractivity (Wildman–Crippen MR) is 103 cm³/mol. The van der Waals surface area contributed by atoms with Crippen LogP contribution in [0.1, 0.15) is 11.4 Å². The second kappa shape index (κ2) is 6.96. The first kappa shape index (κ1) is 15.7. The van der Waals surface area contributed by atoms with Gasteiger partial charge in [0.25, 0.3) is 0 Å². The molecule has 0 aliphatic heterocycles. The number of aromatic nitrogens is 2. The lowest BCUT2D eigenvalue weighted by molar-refractivity contribution is 0.482. The highest BCUT2D eigenvalue weighted by atomic mass is 16.5. The number of imidazole rings is 1. The molecule has 4 heteroatoms. The number of aromatic amines is 1. The molecule has 4 nitrogen and oxygen atoms in total. The lowest BCUT2D eigenvalue weighted by atomic mass is 10.1. The van der Waals surface area contributed by atoms with Crippen molar-refractivity contribution in [1.82, 2.24) is 9.97 Å². The molecule has 1 heterocycles. The number of benzene rings is 3. The maximum absolute atomic E-state index is 9.51. The van der Waals surface area contributed by atoms with Crippen molar-refractivity contribution in [3.05, 3.63) is 90.3 Å². The topological polar surface area (TPSA) is 61.7 Å². The molecule has 0 radical (unpaired) electrons. The van der Waals surface area contributed by atoms with E-state index in [4.69, 9.17) is 4.74 Å². The van der Waals surface area contributed by atoms with Crippen LogP contribution >= 0.6 is 0 Å². The molecule has 4 rings (SSSR count). The van der Waals surface area contributed by atoms with Gasteiger partial charge in [-0.3, -0.25) is 0 Å². The van der Waals surface area contributed by atoms with Gasteiger partial charge >= 0.3 is 0 Å². The smallest absolute Gasteiger partial charge is 0.149 e. The summed E-state index contributed by atoms with van der Waals surface area (Å²) in [4.78, 5) is 7.67. The van der Waals surface area contributed by atoms with Crippen molar-refractivity contribution in [2.75, 3.05) is 0 Å². The molecule has 0 atom stereocenters. The number of fused-ring (bicyclic) bond motifs is 1. The van der Waals surface area contributed by atoms with Crippen LogP contribution in [0, 0.1) is 11.3 Å². The van der Waals surface area contributed by atoms with Gasteiger partial charge in [0.2, 0.25) is 0 Å². The minimum absolute atomic E-state index is 0.484. The minimum atomic E-state index is 0.484. The highest BCUT2D eigenvalue weighted by molar-refractivity contribution is 5.90. The van der Waals surface area contributed by atoms with Gasteiger partial charge in [-0.15, -0.1) is 0 Å². The standard InChI is InChI=1S/C22H15N3O/c23-15-17(22-24-20-8-4-5-9-21(20)25-22)14-16-10-12-19(13-11-16)26-18-6-2-1-3-7-18/h1-14H,(H,24,25). The van der Waals surface area contributed by atoms with E-state index < -0.39 is 0 Å². The number of nitrogens with zero attached hydrogens (tertiary/aromatic N) is 2. The van der Waals surface area contributed by atoms with E-state index in [0.717, 1.165) is 28.1 Å². The molecule has 0 amide bonds. The van der Waals surface area contributed by atoms with Gasteiger partial charge in [0.15, 0.2) is 0 Å². The third kappa shape index (κ3) is 3.33. The van der Waals surface area contributed by atoms with E-state index in [0.29, 0.717) is 11.4 Å². The van der Waals surface area contributed by atoms with Crippen LogP contribution in [0.5, 0.6) is 11.5 Å². The van der Waals surface area contributed by atoms with Gasteiger partial charge in [-0.05, 0) is 48.0 Å². The summed E-state index contributed by atoms with van der Waals surface area (Å²) in [6.45, 7) is 0. The number of para-hydroxylation sites is 3. The molecule has 0 spiro atoms. The molecule has 124 valence electrons. The zero-order valence-corrected chi connectivity index (χ0v) is 13.9. The first-order valence-electron chi connectivity index (χ1n) is 8.22. The van der Waals surface area contributed by atoms with Crippen LogP contribution in [0.4, 0.5) is 0 Å². The zero-order chi connectivity index (χ0) is 17.8. The van der Waals surface area contributed by atoms with Gasteiger partial charge in [0.1, 0.15) is 23.4 Å². The third-order valence-electron chi connectivity index (χ3n) is 3.93. The molecule has 1 N–H and O–H groups in total. The highest BCUT2D eigenvalue weighted by Crippen LogP contribution is 2.23. The Balaban J connectivity index is 1.58. The summed E-state index contributed by atoms with van der Waals surface area (Å²) in [5, 5.41) is 9.51. The maximum atomic E-state index is 9.51. The molecule has 4 aromatic rings. The summed E-state index contributed by atoms with van der Waals surface area (Å²) >= 11 is 0. The number of H-pyrrole nitrogens is 1. The van der Waals surface area contributed by atoms with Crippen molar-refractivity contribution < 1.29 is 4.74 Å². The molecule has 0 aliphatic carbocycles. The molecule has 0 saturated heterocycles. The number of nitrogens with one attached hydrogen (secondary N) is 1. The Kier molecular flexibility index (Phi) is 4.19. The van der Waals surface area contributed by atoms with E-state index in [1.165, 1.54) is 0 Å². The van der Waals surface area contributed by atoms with Gasteiger partial charge < -0.3 is 9.72 Å². The van der Waals surface area contributed by atoms with Crippen LogP contribution in [0.2, 0.25) is 0 Å². The van der Waals surface area contributed by atoms with E-state index in [9.17, 15) is 5.26 Å². The Morgan fingerprint density at radius 1 is 0.885 bits per heavy atom. The molecule has 1 aromatic heterocycles. The monoisotopic (exact) mass is 337 g/mol. The Morgan fingerprint density at radius 3 is 2.31 bits per heavy atom. The Labute approximate surface area is 151 Å². The highest BCUT2D eigenvalue weighted by Gasteiger charge is 2.07. The lowest BCUT2D eigenvalue weighted by Gasteiger charge is -2.05. The average molecular weight is 337 g/mol. The number of nitriles is 1. The minimum Gasteiger partial charge on any atom is -0.457 e. The van der Waals surface area contributed by atoms with Crippen molar-refractivity contribution in [1.29, 1.82) is 5.26 Å². The number of rotatable bonds is 4. The lowest BCUT2D eigenvalue weighted by Crippen LogP contribution is -1.86. The zero-order valence-electron chi connectivity index (χ0n) is 13.9. The summed E-state index contributed by atoms with van der Waals surface area (Å²) in [7, 11) is 0. The van der Waals surface area contributed by atoms with Gasteiger partial charge in [-0.2, -0.15) is 5.26 Å². The Bertz CT molecular complexity index is 1070. The largest absolute Gasteiger partial charge is 0.457 e. The van der Waals surface area contributed by atoms with Gasteiger partial charge in [0.05, 0.1) is 16.6 Å². The summed E-state index contributed by atoms with van der Waals surface area (Å²) in [5.74, 6) is 2.10. The summed E-state index contributed by atoms with van der Waals surface area (Å²) in [6, 6.07) is 27.1. The molecule has 0 bridgehead atoms. The molecule has 0 saturated carbocycles. The normalized spacial score (nSPS) is 11.3. The fraction of sp³-hybridized carbons (Fsp3) is 0. The number of hydrogen-bond acceptors (Lipinski definition) is 3. The van der Waals surface area contributed by atoms with Crippen LogP contribution in [0.15, 0.2) is 78.9 Å². The quantitative estimate of drug-likeness (QED) is 0.506. The van der Waals surface area contributed by atoms with Crippen molar-refractivity contribution in [2.45, 2.75) is 0 Å². The molecule has 0 unspecified atom stereocenters. The van der Waals surface area contributed by atoms with Crippen LogP contribution < -0.4 is 4.74 Å². The van der Waals surface area contributed by atoms with Crippen molar-refractivity contribution in [3.8, 4) is 17.6 Å². The SMILES string of the molecule is N#CC(=Cc1ccc(Oc2ccccc2)cc1)c1nc2ccccc2[nH]1. The van der Waals surface area contributed by atoms with E-state index in [1.54, 1.807) is 0 Å². The Hall–Kier alpha value is -3.84. The van der Waals surface area contributed by atoms with Crippen molar-refractivity contribution >= 4 is 22.7 Å². The van der Waals surface area contributed by atoms with Gasteiger partial charge in [-0.25, -0.2) is 4.98 Å². The number of allylic oxidation sites excluding steroid dienone is 1. The van der Waals surface area contributed by atoms with Crippen LogP contribution in [0.25, 0.3) is 22.7 Å². The second-order valence-corrected chi connectivity index (χ2v) is 5.76. The fourth-order valence-corrected chi connectivity index (χ4v) is 2.66. The van der Waals surface area contributed by atoms with Gasteiger partial charge in [-0.1, -0.05) is 42.5 Å². The predicted octanol–water partition coefficient (Wildman–Crippen LogP) is 5.42. The first-order chi connectivity index (χ1) is 12.8. The molecule has 0 aliphatic rings. The van der Waals surface area contributed by atoms with E-state index in [-0.39, 0.29) is 0 Å². The number of ether oxygens (including phenoxy) is 1. The Morgan fingerprint density at radius 2 is 1.58 bits per heavy atom. The van der Waals surface area contributed by atoms with Gasteiger partial charge in [0, 0.05) is 0 Å². The van der Waals surface area contributed by atoms with Crippen LogP contribution in [0.3, 0.4) is 0 Å². The fourth-order valence-electron chi connectivity index (χ4n) is 2.66. The van der Waals surface area contributed by atoms with Crippen molar-refractivity contribution in [3.63, 3.8) is 0 Å². The molecular weight excluding hydrogens is 322 g/mol. The third-order valence-corrected chi connectivity index (χ3v) is 3.93. The molecule has 3 aromatic carbocycles. The van der Waals surface area contributed by atoms with E-state index in [2.05, 4.69) is 16.0 Å². The molecule has 26 heavy (non-hydrogen) atoms. The van der Waals surface area contributed by atoms with Crippen LogP contribution in [-0.2, 0) is 0 Å². The second-order valence-electron chi connectivity index (χ2n) is 5.76. The number of hydrogen-bond donors (Lipinski definition) is 1.